The molecular formula is C12H16ClN3O2S. The van der Waals surface area contributed by atoms with E-state index in [4.69, 9.17) is 34.3 Å². The van der Waals surface area contributed by atoms with Crippen LogP contribution in [-0.4, -0.2) is 37.7 Å². The molecule has 0 fully saturated rings. The molecule has 1 aromatic rings. The number of nitrogens with two attached hydrogens (primary N) is 1. The molecule has 104 valence electrons. The van der Waals surface area contributed by atoms with Gasteiger partial charge in [-0.15, -0.1) is 0 Å². The Morgan fingerprint density at radius 1 is 1.53 bits per heavy atom. The van der Waals surface area contributed by atoms with Crippen LogP contribution in [0.1, 0.15) is 5.56 Å². The van der Waals surface area contributed by atoms with Gasteiger partial charge in [0.05, 0.1) is 23.9 Å². The van der Waals surface area contributed by atoms with Crippen LogP contribution in [0, 0.1) is 0 Å². The molecule has 0 bridgehead atoms. The molecule has 1 amide bonds. The van der Waals surface area contributed by atoms with Gasteiger partial charge in [-0.1, -0.05) is 23.8 Å². The first-order valence-corrected chi connectivity index (χ1v) is 6.42. The average molecular weight is 302 g/mol. The lowest BCUT2D eigenvalue weighted by atomic mass is 10.2. The lowest BCUT2D eigenvalue weighted by Gasteiger charge is -2.10. The van der Waals surface area contributed by atoms with Gasteiger partial charge in [0.25, 0.3) is 0 Å². The summed E-state index contributed by atoms with van der Waals surface area (Å²) < 4.78 is 4.83. The van der Waals surface area contributed by atoms with Gasteiger partial charge in [-0.25, -0.2) is 0 Å². The Morgan fingerprint density at radius 2 is 2.26 bits per heavy atom. The van der Waals surface area contributed by atoms with Crippen LogP contribution in [0.5, 0.6) is 0 Å². The summed E-state index contributed by atoms with van der Waals surface area (Å²) in [7, 11) is 1.58. The Labute approximate surface area is 122 Å². The molecule has 0 spiro atoms. The Bertz CT molecular complexity index is 468. The first-order valence-electron chi connectivity index (χ1n) is 5.63. The van der Waals surface area contributed by atoms with Crippen molar-refractivity contribution < 1.29 is 9.53 Å². The molecule has 0 saturated heterocycles. The second kappa shape index (κ2) is 7.93. The largest absolute Gasteiger partial charge is 0.389 e. The van der Waals surface area contributed by atoms with Gasteiger partial charge in [0.15, 0.2) is 0 Å². The summed E-state index contributed by atoms with van der Waals surface area (Å²) in [6.45, 7) is 1.09. The van der Waals surface area contributed by atoms with Crippen molar-refractivity contribution in [3.05, 3.63) is 28.8 Å². The topological polar surface area (TPSA) is 76.4 Å². The SMILES string of the molecule is COCCNC(=O)CNc1ccc(C(N)=S)cc1Cl. The van der Waals surface area contributed by atoms with Crippen molar-refractivity contribution in [3.63, 3.8) is 0 Å². The van der Waals surface area contributed by atoms with Crippen molar-refractivity contribution in [3.8, 4) is 0 Å². The standard InChI is InChI=1S/C12H16ClN3O2S/c1-18-5-4-15-11(17)7-16-10-3-2-8(12(14)19)6-9(10)13/h2-3,6,16H,4-5,7H2,1H3,(H2,14,19)(H,15,17). The first-order chi connectivity index (χ1) is 9.04. The summed E-state index contributed by atoms with van der Waals surface area (Å²) in [5, 5.41) is 6.10. The van der Waals surface area contributed by atoms with E-state index in [0.29, 0.717) is 29.4 Å². The minimum atomic E-state index is -0.133. The summed E-state index contributed by atoms with van der Waals surface area (Å²) in [4.78, 5) is 11.7. The van der Waals surface area contributed by atoms with E-state index in [9.17, 15) is 4.79 Å². The van der Waals surface area contributed by atoms with E-state index in [1.807, 2.05) is 0 Å². The van der Waals surface area contributed by atoms with Crippen LogP contribution in [0.3, 0.4) is 0 Å². The van der Waals surface area contributed by atoms with Gasteiger partial charge < -0.3 is 21.1 Å². The second-order valence-electron chi connectivity index (χ2n) is 3.76. The molecule has 7 heteroatoms. The molecule has 0 aliphatic heterocycles. The normalized spacial score (nSPS) is 10.0. The third kappa shape index (κ3) is 5.42. The number of hydrogen-bond donors (Lipinski definition) is 3. The molecule has 0 aliphatic rings. The van der Waals surface area contributed by atoms with Gasteiger partial charge in [0, 0.05) is 19.2 Å². The number of ether oxygens (including phenoxy) is 1. The van der Waals surface area contributed by atoms with E-state index in [-0.39, 0.29) is 17.4 Å². The van der Waals surface area contributed by atoms with Crippen molar-refractivity contribution in [1.82, 2.24) is 5.32 Å². The predicted octanol–water partition coefficient (Wildman–Crippen LogP) is 1.15. The van der Waals surface area contributed by atoms with E-state index in [0.717, 1.165) is 0 Å². The molecular weight excluding hydrogens is 286 g/mol. The third-order valence-corrected chi connectivity index (χ3v) is 2.87. The number of hydrogen-bond acceptors (Lipinski definition) is 4. The molecule has 4 N–H and O–H groups in total. The average Bonchev–Trinajstić information content (AvgIpc) is 2.37. The van der Waals surface area contributed by atoms with E-state index in [2.05, 4.69) is 10.6 Å². The van der Waals surface area contributed by atoms with Crippen LogP contribution in [0.25, 0.3) is 0 Å². The molecule has 0 aliphatic carbocycles. The zero-order valence-corrected chi connectivity index (χ0v) is 12.1. The second-order valence-corrected chi connectivity index (χ2v) is 4.60. The van der Waals surface area contributed by atoms with E-state index in [1.54, 1.807) is 25.3 Å². The number of halogens is 1. The Hall–Kier alpha value is -1.37. The summed E-state index contributed by atoms with van der Waals surface area (Å²) in [5.41, 5.74) is 6.85. The Balaban J connectivity index is 2.49. The van der Waals surface area contributed by atoms with Gasteiger partial charge in [-0.05, 0) is 18.2 Å². The molecule has 1 aromatic carbocycles. The smallest absolute Gasteiger partial charge is 0.239 e. The highest BCUT2D eigenvalue weighted by Crippen LogP contribution is 2.22. The molecule has 0 heterocycles. The number of amides is 1. The van der Waals surface area contributed by atoms with Gasteiger partial charge >= 0.3 is 0 Å². The third-order valence-electron chi connectivity index (χ3n) is 2.32. The molecule has 5 nitrogen and oxygen atoms in total. The number of benzene rings is 1. The number of anilines is 1. The van der Waals surface area contributed by atoms with Gasteiger partial charge in [-0.2, -0.15) is 0 Å². The molecule has 1 rings (SSSR count). The van der Waals surface area contributed by atoms with Crippen LogP contribution in [0.15, 0.2) is 18.2 Å². The molecule has 0 aromatic heterocycles. The predicted molar refractivity (Wildman–Crippen MR) is 80.7 cm³/mol. The first kappa shape index (κ1) is 15.7. The van der Waals surface area contributed by atoms with Crippen molar-refractivity contribution in [2.45, 2.75) is 0 Å². The van der Waals surface area contributed by atoms with Crippen LogP contribution < -0.4 is 16.4 Å². The van der Waals surface area contributed by atoms with Crippen LogP contribution >= 0.6 is 23.8 Å². The van der Waals surface area contributed by atoms with Crippen LogP contribution in [0.4, 0.5) is 5.69 Å². The highest BCUT2D eigenvalue weighted by Gasteiger charge is 2.05. The maximum atomic E-state index is 11.5. The Kier molecular flexibility index (Phi) is 6.55. The maximum Gasteiger partial charge on any atom is 0.239 e. The monoisotopic (exact) mass is 301 g/mol. The van der Waals surface area contributed by atoms with Crippen LogP contribution in [-0.2, 0) is 9.53 Å². The Morgan fingerprint density at radius 3 is 2.84 bits per heavy atom. The van der Waals surface area contributed by atoms with Crippen molar-refractivity contribution in [2.75, 3.05) is 32.1 Å². The molecule has 0 radical (unpaired) electrons. The summed E-state index contributed by atoms with van der Waals surface area (Å²) in [5.74, 6) is -0.133. The summed E-state index contributed by atoms with van der Waals surface area (Å²) in [6, 6.07) is 5.15. The van der Waals surface area contributed by atoms with Crippen molar-refractivity contribution in [2.24, 2.45) is 5.73 Å². The number of methoxy groups -OCH3 is 1. The summed E-state index contributed by atoms with van der Waals surface area (Å²) >= 11 is 10.9. The number of carbonyl (C=O) groups is 1. The number of nitrogens with one attached hydrogen (secondary N) is 2. The van der Waals surface area contributed by atoms with Crippen molar-refractivity contribution in [1.29, 1.82) is 0 Å². The molecule has 0 unspecified atom stereocenters. The quantitative estimate of drug-likeness (QED) is 0.520. The van der Waals surface area contributed by atoms with E-state index in [1.165, 1.54) is 0 Å². The van der Waals surface area contributed by atoms with Gasteiger partial charge in [0.2, 0.25) is 5.91 Å². The fourth-order valence-corrected chi connectivity index (χ4v) is 1.72. The van der Waals surface area contributed by atoms with Crippen LogP contribution in [0.2, 0.25) is 5.02 Å². The number of rotatable bonds is 7. The fourth-order valence-electron chi connectivity index (χ4n) is 1.34. The highest BCUT2D eigenvalue weighted by atomic mass is 35.5. The summed E-state index contributed by atoms with van der Waals surface area (Å²) in [6.07, 6.45) is 0. The minimum Gasteiger partial charge on any atom is -0.389 e. The highest BCUT2D eigenvalue weighted by molar-refractivity contribution is 7.80. The van der Waals surface area contributed by atoms with Crippen molar-refractivity contribution >= 4 is 40.4 Å². The number of carbonyl (C=O) groups excluding carboxylic acids is 1. The molecule has 0 saturated carbocycles. The van der Waals surface area contributed by atoms with E-state index < -0.39 is 0 Å². The molecule has 0 atom stereocenters. The maximum absolute atomic E-state index is 11.5. The number of thiocarbonyl (C=S) groups is 1. The lowest BCUT2D eigenvalue weighted by molar-refractivity contribution is -0.119. The lowest BCUT2D eigenvalue weighted by Crippen LogP contribution is -2.32. The van der Waals surface area contributed by atoms with E-state index >= 15 is 0 Å². The zero-order chi connectivity index (χ0) is 14.3. The van der Waals surface area contributed by atoms with Gasteiger partial charge in [0.1, 0.15) is 4.99 Å². The zero-order valence-electron chi connectivity index (χ0n) is 10.5. The van der Waals surface area contributed by atoms with Gasteiger partial charge in [-0.3, -0.25) is 4.79 Å². The minimum absolute atomic E-state index is 0.133. The fraction of sp³-hybridized carbons (Fsp3) is 0.333. The molecule has 19 heavy (non-hydrogen) atoms.